The molecule has 4 heteroatoms. The van der Waals surface area contributed by atoms with Gasteiger partial charge in [-0.1, -0.05) is 19.9 Å². The van der Waals surface area contributed by atoms with Gasteiger partial charge in [-0.15, -0.1) is 0 Å². The Morgan fingerprint density at radius 1 is 1.31 bits per heavy atom. The summed E-state index contributed by atoms with van der Waals surface area (Å²) in [6.07, 6.45) is -0.631. The SMILES string of the molecule is COc1cccc(OC(C(=O)Cl)C(C)C)c1. The topological polar surface area (TPSA) is 35.5 Å². The molecule has 0 heterocycles. The van der Waals surface area contributed by atoms with E-state index < -0.39 is 11.3 Å². The minimum Gasteiger partial charge on any atom is -0.497 e. The number of hydrogen-bond acceptors (Lipinski definition) is 3. The summed E-state index contributed by atoms with van der Waals surface area (Å²) in [4.78, 5) is 11.2. The van der Waals surface area contributed by atoms with E-state index in [2.05, 4.69) is 0 Å². The van der Waals surface area contributed by atoms with Crippen LogP contribution in [0.15, 0.2) is 24.3 Å². The van der Waals surface area contributed by atoms with Gasteiger partial charge in [-0.05, 0) is 29.7 Å². The van der Waals surface area contributed by atoms with Crippen molar-refractivity contribution in [1.29, 1.82) is 0 Å². The van der Waals surface area contributed by atoms with Crippen LogP contribution in [0.3, 0.4) is 0 Å². The molecule has 0 bridgehead atoms. The molecule has 16 heavy (non-hydrogen) atoms. The summed E-state index contributed by atoms with van der Waals surface area (Å²) >= 11 is 5.47. The lowest BCUT2D eigenvalue weighted by molar-refractivity contribution is -0.119. The van der Waals surface area contributed by atoms with Crippen LogP contribution in [0.5, 0.6) is 11.5 Å². The van der Waals surface area contributed by atoms with E-state index >= 15 is 0 Å². The van der Waals surface area contributed by atoms with Gasteiger partial charge in [0.2, 0.25) is 0 Å². The summed E-state index contributed by atoms with van der Waals surface area (Å²) in [5.41, 5.74) is 0. The average Bonchev–Trinajstić information content (AvgIpc) is 2.25. The van der Waals surface area contributed by atoms with Crippen LogP contribution in [-0.4, -0.2) is 18.5 Å². The molecule has 1 aromatic rings. The fourth-order valence-electron chi connectivity index (χ4n) is 1.27. The maximum atomic E-state index is 11.2. The smallest absolute Gasteiger partial charge is 0.262 e. The zero-order chi connectivity index (χ0) is 12.1. The third kappa shape index (κ3) is 3.42. The monoisotopic (exact) mass is 242 g/mol. The van der Waals surface area contributed by atoms with Crippen molar-refractivity contribution >= 4 is 16.8 Å². The Balaban J connectivity index is 2.81. The van der Waals surface area contributed by atoms with E-state index in [1.165, 1.54) is 0 Å². The maximum Gasteiger partial charge on any atom is 0.262 e. The Hall–Kier alpha value is -1.22. The van der Waals surface area contributed by atoms with Crippen molar-refractivity contribution in [2.75, 3.05) is 7.11 Å². The average molecular weight is 243 g/mol. The molecule has 0 aliphatic carbocycles. The predicted octanol–water partition coefficient (Wildman–Crippen LogP) is 2.86. The minimum atomic E-state index is -0.631. The van der Waals surface area contributed by atoms with Crippen molar-refractivity contribution < 1.29 is 14.3 Å². The maximum absolute atomic E-state index is 11.2. The van der Waals surface area contributed by atoms with E-state index in [1.54, 1.807) is 31.4 Å². The number of benzene rings is 1. The Labute approximate surface area is 100 Å². The van der Waals surface area contributed by atoms with Gasteiger partial charge in [0.25, 0.3) is 5.24 Å². The number of rotatable bonds is 5. The fraction of sp³-hybridized carbons (Fsp3) is 0.417. The van der Waals surface area contributed by atoms with Crippen LogP contribution in [-0.2, 0) is 4.79 Å². The number of methoxy groups -OCH3 is 1. The van der Waals surface area contributed by atoms with Crippen molar-refractivity contribution in [3.63, 3.8) is 0 Å². The van der Waals surface area contributed by atoms with E-state index in [1.807, 2.05) is 13.8 Å². The highest BCUT2D eigenvalue weighted by Crippen LogP contribution is 2.22. The van der Waals surface area contributed by atoms with E-state index in [0.717, 1.165) is 0 Å². The molecule has 1 rings (SSSR count). The molecule has 0 saturated carbocycles. The highest BCUT2D eigenvalue weighted by molar-refractivity contribution is 6.64. The minimum absolute atomic E-state index is 0.0243. The van der Waals surface area contributed by atoms with Crippen molar-refractivity contribution in [2.24, 2.45) is 5.92 Å². The fourth-order valence-corrected chi connectivity index (χ4v) is 1.56. The zero-order valence-electron chi connectivity index (χ0n) is 9.57. The van der Waals surface area contributed by atoms with E-state index in [-0.39, 0.29) is 5.92 Å². The molecule has 0 aromatic heterocycles. The first-order chi connectivity index (χ1) is 7.54. The second-order valence-electron chi connectivity index (χ2n) is 3.77. The summed E-state index contributed by atoms with van der Waals surface area (Å²) in [5.74, 6) is 1.28. The molecule has 3 nitrogen and oxygen atoms in total. The van der Waals surface area contributed by atoms with E-state index in [0.29, 0.717) is 11.5 Å². The molecule has 0 amide bonds. The highest BCUT2D eigenvalue weighted by Gasteiger charge is 2.22. The summed E-state index contributed by atoms with van der Waals surface area (Å²) in [6, 6.07) is 7.08. The lowest BCUT2D eigenvalue weighted by Crippen LogP contribution is -2.29. The molecule has 88 valence electrons. The van der Waals surface area contributed by atoms with Gasteiger partial charge in [-0.2, -0.15) is 0 Å². The summed E-state index contributed by atoms with van der Waals surface area (Å²) in [5, 5.41) is -0.488. The van der Waals surface area contributed by atoms with Gasteiger partial charge >= 0.3 is 0 Å². The van der Waals surface area contributed by atoms with Crippen LogP contribution in [0.1, 0.15) is 13.8 Å². The van der Waals surface area contributed by atoms with Gasteiger partial charge in [-0.25, -0.2) is 0 Å². The third-order valence-electron chi connectivity index (χ3n) is 2.13. The molecule has 1 aromatic carbocycles. The van der Waals surface area contributed by atoms with Gasteiger partial charge in [0.05, 0.1) is 7.11 Å². The van der Waals surface area contributed by atoms with Crippen LogP contribution in [0.2, 0.25) is 0 Å². The van der Waals surface area contributed by atoms with E-state index in [9.17, 15) is 4.79 Å². The van der Waals surface area contributed by atoms with Crippen LogP contribution in [0.25, 0.3) is 0 Å². The predicted molar refractivity (Wildman–Crippen MR) is 63.1 cm³/mol. The van der Waals surface area contributed by atoms with Crippen molar-refractivity contribution in [2.45, 2.75) is 20.0 Å². The number of ether oxygens (including phenoxy) is 2. The molecule has 0 saturated heterocycles. The van der Waals surface area contributed by atoms with Gasteiger partial charge in [0.15, 0.2) is 6.10 Å². The van der Waals surface area contributed by atoms with Gasteiger partial charge in [0, 0.05) is 6.07 Å². The molecular weight excluding hydrogens is 228 g/mol. The zero-order valence-corrected chi connectivity index (χ0v) is 10.3. The molecule has 0 fully saturated rings. The van der Waals surface area contributed by atoms with Gasteiger partial charge < -0.3 is 9.47 Å². The summed E-state index contributed by atoms with van der Waals surface area (Å²) in [6.45, 7) is 3.76. The Morgan fingerprint density at radius 2 is 1.94 bits per heavy atom. The molecule has 1 unspecified atom stereocenters. The second-order valence-corrected chi connectivity index (χ2v) is 4.14. The highest BCUT2D eigenvalue weighted by atomic mass is 35.5. The molecule has 0 N–H and O–H groups in total. The van der Waals surface area contributed by atoms with Crippen molar-refractivity contribution in [3.8, 4) is 11.5 Å². The van der Waals surface area contributed by atoms with Crippen LogP contribution in [0.4, 0.5) is 0 Å². The number of halogens is 1. The quantitative estimate of drug-likeness (QED) is 0.745. The summed E-state index contributed by atoms with van der Waals surface area (Å²) < 4.78 is 10.6. The standard InChI is InChI=1S/C12H15ClO3/c1-8(2)11(12(13)14)16-10-6-4-5-9(7-10)15-3/h4-8,11H,1-3H3. The molecule has 0 aliphatic heterocycles. The van der Waals surface area contributed by atoms with Crippen LogP contribution < -0.4 is 9.47 Å². The second kappa shape index (κ2) is 5.75. The lowest BCUT2D eigenvalue weighted by atomic mass is 10.1. The number of carbonyl (C=O) groups excluding carboxylic acids is 1. The molecule has 0 radical (unpaired) electrons. The molecule has 0 spiro atoms. The Morgan fingerprint density at radius 3 is 2.44 bits per heavy atom. The normalized spacial score (nSPS) is 12.3. The number of hydrogen-bond donors (Lipinski definition) is 0. The molecular formula is C12H15ClO3. The first-order valence-corrected chi connectivity index (χ1v) is 5.42. The molecule has 0 aliphatic rings. The third-order valence-corrected chi connectivity index (χ3v) is 2.35. The lowest BCUT2D eigenvalue weighted by Gasteiger charge is -2.18. The van der Waals surface area contributed by atoms with Crippen LogP contribution >= 0.6 is 11.6 Å². The summed E-state index contributed by atoms with van der Waals surface area (Å²) in [7, 11) is 1.58. The Bertz CT molecular complexity index is 363. The molecule has 1 atom stereocenters. The van der Waals surface area contributed by atoms with Crippen molar-refractivity contribution in [3.05, 3.63) is 24.3 Å². The van der Waals surface area contributed by atoms with Gasteiger partial charge in [0.1, 0.15) is 11.5 Å². The first-order valence-electron chi connectivity index (χ1n) is 5.04. The van der Waals surface area contributed by atoms with Crippen LogP contribution in [0, 0.1) is 5.92 Å². The first kappa shape index (κ1) is 12.8. The largest absolute Gasteiger partial charge is 0.497 e. The number of carbonyl (C=O) groups is 1. The Kier molecular flexibility index (Phi) is 4.62. The van der Waals surface area contributed by atoms with Crippen molar-refractivity contribution in [1.82, 2.24) is 0 Å². The van der Waals surface area contributed by atoms with E-state index in [4.69, 9.17) is 21.1 Å². The van der Waals surface area contributed by atoms with Gasteiger partial charge in [-0.3, -0.25) is 4.79 Å².